The smallest absolute Gasteiger partial charge is 0.343 e. The molecule has 2 aromatic carbocycles. The fourth-order valence-corrected chi connectivity index (χ4v) is 4.30. The van der Waals surface area contributed by atoms with Crippen LogP contribution in [0.3, 0.4) is 0 Å². The molecule has 0 radical (unpaired) electrons. The second kappa shape index (κ2) is 9.83. The van der Waals surface area contributed by atoms with Gasteiger partial charge in [0.15, 0.2) is 0 Å². The number of halogens is 1. The van der Waals surface area contributed by atoms with Crippen LogP contribution < -0.4 is 9.47 Å². The molecule has 0 saturated heterocycles. The standard InChI is InChI=1S/C28H29FO6/c1-8-19-12-21(13-23-25(19)35-28(6,7)15-27(23,4)5)26(31)34-22-10-9-20(24(29)14-22)11-17(2)32-16-33-18(3)30/h1,9-10,12-14H,2,11,15-16H2,3-7H3. The van der Waals surface area contributed by atoms with Gasteiger partial charge in [0.2, 0.25) is 6.79 Å². The second-order valence-electron chi connectivity index (χ2n) is 9.72. The predicted molar refractivity (Wildman–Crippen MR) is 129 cm³/mol. The van der Waals surface area contributed by atoms with Gasteiger partial charge in [-0.25, -0.2) is 9.18 Å². The molecule has 35 heavy (non-hydrogen) atoms. The number of fused-ring (bicyclic) bond motifs is 1. The molecule has 0 aliphatic carbocycles. The highest BCUT2D eigenvalue weighted by molar-refractivity contribution is 5.92. The number of terminal acetylenes is 1. The molecule has 1 heterocycles. The summed E-state index contributed by atoms with van der Waals surface area (Å²) in [6.45, 7) is 12.8. The molecule has 6 nitrogen and oxygen atoms in total. The summed E-state index contributed by atoms with van der Waals surface area (Å²) in [5.74, 6) is 1.71. The summed E-state index contributed by atoms with van der Waals surface area (Å²) in [4.78, 5) is 23.7. The van der Waals surface area contributed by atoms with Gasteiger partial charge in [0.1, 0.15) is 22.9 Å². The lowest BCUT2D eigenvalue weighted by Gasteiger charge is -2.43. The summed E-state index contributed by atoms with van der Waals surface area (Å²) in [6.07, 6.45) is 6.51. The maximum Gasteiger partial charge on any atom is 0.343 e. The summed E-state index contributed by atoms with van der Waals surface area (Å²) in [6, 6.07) is 7.34. The normalized spacial score (nSPS) is 15.1. The van der Waals surface area contributed by atoms with E-state index < -0.39 is 23.4 Å². The van der Waals surface area contributed by atoms with Gasteiger partial charge in [-0.2, -0.15) is 0 Å². The Morgan fingerprint density at radius 3 is 2.51 bits per heavy atom. The second-order valence-corrected chi connectivity index (χ2v) is 9.72. The van der Waals surface area contributed by atoms with Crippen LogP contribution in [-0.2, 0) is 26.1 Å². The van der Waals surface area contributed by atoms with Gasteiger partial charge in [0, 0.05) is 25.0 Å². The van der Waals surface area contributed by atoms with Crippen molar-refractivity contribution in [3.8, 4) is 23.8 Å². The SMILES string of the molecule is C#Cc1cc(C(=O)Oc2ccc(CC(=C)OCOC(C)=O)c(F)c2)cc2c1OC(C)(C)CC2(C)C. The molecule has 0 fully saturated rings. The molecular weight excluding hydrogens is 451 g/mol. The zero-order valence-corrected chi connectivity index (χ0v) is 20.6. The Balaban J connectivity index is 1.77. The molecule has 0 amide bonds. The Labute approximate surface area is 205 Å². The third-order valence-corrected chi connectivity index (χ3v) is 5.60. The van der Waals surface area contributed by atoms with Crippen LogP contribution in [0, 0.1) is 18.2 Å². The van der Waals surface area contributed by atoms with Crippen LogP contribution >= 0.6 is 0 Å². The Morgan fingerprint density at radius 1 is 1.17 bits per heavy atom. The quantitative estimate of drug-likeness (QED) is 0.172. The van der Waals surface area contributed by atoms with E-state index in [0.29, 0.717) is 11.3 Å². The Bertz CT molecular complexity index is 1220. The van der Waals surface area contributed by atoms with E-state index in [1.807, 2.05) is 13.8 Å². The molecule has 3 rings (SSSR count). The molecule has 0 N–H and O–H groups in total. The number of allylic oxidation sites excluding steroid dienone is 1. The van der Waals surface area contributed by atoms with Crippen LogP contribution in [0.5, 0.6) is 11.5 Å². The van der Waals surface area contributed by atoms with Crippen molar-refractivity contribution in [1.29, 1.82) is 0 Å². The number of hydrogen-bond donors (Lipinski definition) is 0. The van der Waals surface area contributed by atoms with Crippen LogP contribution in [-0.4, -0.2) is 24.3 Å². The van der Waals surface area contributed by atoms with Crippen molar-refractivity contribution in [2.75, 3.05) is 6.79 Å². The fourth-order valence-electron chi connectivity index (χ4n) is 4.30. The van der Waals surface area contributed by atoms with Crippen molar-refractivity contribution in [1.82, 2.24) is 0 Å². The molecule has 2 aromatic rings. The molecule has 1 aliphatic rings. The molecular formula is C28H29FO6. The summed E-state index contributed by atoms with van der Waals surface area (Å²) in [7, 11) is 0. The first kappa shape index (κ1) is 25.8. The Hall–Kier alpha value is -3.79. The Kier molecular flexibility index (Phi) is 7.25. The summed E-state index contributed by atoms with van der Waals surface area (Å²) in [5.41, 5.74) is 1.14. The van der Waals surface area contributed by atoms with Crippen LogP contribution in [0.4, 0.5) is 4.39 Å². The van der Waals surface area contributed by atoms with Crippen molar-refractivity contribution in [3.63, 3.8) is 0 Å². The summed E-state index contributed by atoms with van der Waals surface area (Å²) in [5, 5.41) is 0. The van der Waals surface area contributed by atoms with Crippen molar-refractivity contribution in [2.24, 2.45) is 0 Å². The Morgan fingerprint density at radius 2 is 1.89 bits per heavy atom. The van der Waals surface area contributed by atoms with Crippen molar-refractivity contribution in [3.05, 3.63) is 70.7 Å². The van der Waals surface area contributed by atoms with Crippen LogP contribution in [0.1, 0.15) is 68.1 Å². The number of benzene rings is 2. The van der Waals surface area contributed by atoms with Crippen LogP contribution in [0.25, 0.3) is 0 Å². The largest absolute Gasteiger partial charge is 0.486 e. The third kappa shape index (κ3) is 6.21. The third-order valence-electron chi connectivity index (χ3n) is 5.60. The molecule has 0 aromatic heterocycles. The first-order chi connectivity index (χ1) is 16.3. The van der Waals surface area contributed by atoms with Gasteiger partial charge in [-0.3, -0.25) is 4.79 Å². The number of ether oxygens (including phenoxy) is 4. The molecule has 0 atom stereocenters. The highest BCUT2D eigenvalue weighted by atomic mass is 19.1. The van der Waals surface area contributed by atoms with E-state index in [1.165, 1.54) is 19.1 Å². The fraction of sp³-hybridized carbons (Fsp3) is 0.357. The summed E-state index contributed by atoms with van der Waals surface area (Å²) >= 11 is 0. The maximum absolute atomic E-state index is 14.6. The minimum absolute atomic E-state index is 0.0410. The van der Waals surface area contributed by atoms with Gasteiger partial charge >= 0.3 is 11.9 Å². The zero-order chi connectivity index (χ0) is 26.0. The van der Waals surface area contributed by atoms with Gasteiger partial charge in [-0.05, 0) is 49.4 Å². The minimum Gasteiger partial charge on any atom is -0.486 e. The number of carbonyl (C=O) groups is 2. The van der Waals surface area contributed by atoms with Crippen molar-refractivity contribution in [2.45, 2.75) is 58.5 Å². The van der Waals surface area contributed by atoms with Crippen LogP contribution in [0.15, 0.2) is 42.7 Å². The zero-order valence-electron chi connectivity index (χ0n) is 20.6. The number of carbonyl (C=O) groups excluding carboxylic acids is 2. The molecule has 0 spiro atoms. The predicted octanol–water partition coefficient (Wildman–Crippen LogP) is 5.46. The first-order valence-electron chi connectivity index (χ1n) is 11.1. The summed E-state index contributed by atoms with van der Waals surface area (Å²) < 4.78 is 36.0. The van der Waals surface area contributed by atoms with Crippen LogP contribution in [0.2, 0.25) is 0 Å². The lowest BCUT2D eigenvalue weighted by Crippen LogP contribution is -2.41. The molecule has 0 saturated carbocycles. The monoisotopic (exact) mass is 480 g/mol. The molecule has 184 valence electrons. The molecule has 0 bridgehead atoms. The van der Waals surface area contributed by atoms with E-state index in [-0.39, 0.29) is 41.3 Å². The van der Waals surface area contributed by atoms with Gasteiger partial charge < -0.3 is 18.9 Å². The van der Waals surface area contributed by atoms with Gasteiger partial charge in [0.05, 0.1) is 16.9 Å². The highest BCUT2D eigenvalue weighted by Gasteiger charge is 2.40. The van der Waals surface area contributed by atoms with E-state index in [1.54, 1.807) is 12.1 Å². The van der Waals surface area contributed by atoms with E-state index in [9.17, 15) is 14.0 Å². The lowest BCUT2D eigenvalue weighted by atomic mass is 9.72. The van der Waals surface area contributed by atoms with Gasteiger partial charge in [-0.15, -0.1) is 6.42 Å². The highest BCUT2D eigenvalue weighted by Crippen LogP contribution is 2.46. The van der Waals surface area contributed by atoms with Gasteiger partial charge in [-0.1, -0.05) is 32.4 Å². The minimum atomic E-state index is -0.661. The first-order valence-corrected chi connectivity index (χ1v) is 11.1. The van der Waals surface area contributed by atoms with Crippen molar-refractivity contribution >= 4 is 11.9 Å². The average Bonchev–Trinajstić information content (AvgIpc) is 2.73. The van der Waals surface area contributed by atoms with E-state index in [0.717, 1.165) is 18.1 Å². The molecule has 7 heteroatoms. The number of esters is 2. The maximum atomic E-state index is 14.6. The number of rotatable bonds is 7. The van der Waals surface area contributed by atoms with E-state index in [2.05, 4.69) is 31.1 Å². The molecule has 1 aliphatic heterocycles. The molecule has 0 unspecified atom stereocenters. The average molecular weight is 481 g/mol. The lowest BCUT2D eigenvalue weighted by molar-refractivity contribution is -0.150. The van der Waals surface area contributed by atoms with E-state index >= 15 is 0 Å². The van der Waals surface area contributed by atoms with Crippen molar-refractivity contribution < 1.29 is 32.9 Å². The van der Waals surface area contributed by atoms with E-state index in [4.69, 9.17) is 20.6 Å². The number of hydrogen-bond acceptors (Lipinski definition) is 6. The van der Waals surface area contributed by atoms with Gasteiger partial charge in [0.25, 0.3) is 0 Å². The topological polar surface area (TPSA) is 71.1 Å².